The molecule has 0 bridgehead atoms. The molecule has 2 rings (SSSR count). The average molecular weight is 291 g/mol. The number of aliphatic hydroxyl groups is 2. The molecule has 0 aliphatic heterocycles. The highest BCUT2D eigenvalue weighted by Gasteiger charge is 2.22. The molecule has 1 unspecified atom stereocenters. The highest BCUT2D eigenvalue weighted by Crippen LogP contribution is 2.25. The molecule has 1 atom stereocenters. The summed E-state index contributed by atoms with van der Waals surface area (Å²) in [6.45, 7) is 3.42. The lowest BCUT2D eigenvalue weighted by molar-refractivity contribution is 0.0690. The fraction of sp³-hybridized carbons (Fsp3) is 0.357. The number of aliphatic hydroxyl groups excluding tert-OH is 2. The van der Waals surface area contributed by atoms with Crippen LogP contribution in [0.25, 0.3) is 11.3 Å². The van der Waals surface area contributed by atoms with E-state index >= 15 is 0 Å². The summed E-state index contributed by atoms with van der Waals surface area (Å²) in [5, 5.41) is 35.1. The number of aryl methyl sites for hydroxylation is 2. The van der Waals surface area contributed by atoms with Gasteiger partial charge in [-0.25, -0.2) is 9.48 Å². The van der Waals surface area contributed by atoms with Crippen molar-refractivity contribution in [2.24, 2.45) is 0 Å². The Balaban J connectivity index is 2.55. The molecule has 2 aromatic rings. The lowest BCUT2D eigenvalue weighted by Gasteiger charge is -2.11. The molecule has 0 fully saturated rings. The van der Waals surface area contributed by atoms with Gasteiger partial charge in [-0.05, 0) is 31.0 Å². The van der Waals surface area contributed by atoms with Crippen LogP contribution >= 0.6 is 0 Å². The van der Waals surface area contributed by atoms with E-state index in [2.05, 4.69) is 10.3 Å². The average Bonchev–Trinajstić information content (AvgIpc) is 2.85. The first kappa shape index (κ1) is 15.1. The maximum atomic E-state index is 11.3. The van der Waals surface area contributed by atoms with Crippen molar-refractivity contribution in [3.8, 4) is 11.3 Å². The highest BCUT2D eigenvalue weighted by atomic mass is 16.4. The van der Waals surface area contributed by atoms with E-state index in [1.54, 1.807) is 6.07 Å². The number of aromatic carboxylic acids is 1. The number of aromatic nitrogens is 3. The van der Waals surface area contributed by atoms with Crippen molar-refractivity contribution in [1.29, 1.82) is 0 Å². The van der Waals surface area contributed by atoms with Crippen LogP contribution in [0, 0.1) is 13.8 Å². The molecule has 1 aromatic heterocycles. The lowest BCUT2D eigenvalue weighted by atomic mass is 10.0. The lowest BCUT2D eigenvalue weighted by Crippen LogP contribution is -2.21. The summed E-state index contributed by atoms with van der Waals surface area (Å²) >= 11 is 0. The van der Waals surface area contributed by atoms with Gasteiger partial charge < -0.3 is 15.3 Å². The number of hydrogen-bond donors (Lipinski definition) is 3. The van der Waals surface area contributed by atoms with Crippen molar-refractivity contribution in [1.82, 2.24) is 15.0 Å². The zero-order chi connectivity index (χ0) is 15.6. The molecule has 1 aromatic carbocycles. The molecule has 3 N–H and O–H groups in total. The Hall–Kier alpha value is -2.25. The summed E-state index contributed by atoms with van der Waals surface area (Å²) in [5.74, 6) is -1.19. The van der Waals surface area contributed by atoms with E-state index < -0.39 is 18.7 Å². The van der Waals surface area contributed by atoms with Gasteiger partial charge in [0.1, 0.15) is 5.69 Å². The zero-order valence-electron chi connectivity index (χ0n) is 11.8. The number of rotatable bonds is 5. The molecule has 1 heterocycles. The van der Waals surface area contributed by atoms with Crippen molar-refractivity contribution in [2.75, 3.05) is 6.61 Å². The first-order valence-corrected chi connectivity index (χ1v) is 6.47. The SMILES string of the molecule is Cc1ccc(-c2c(C(=O)O)nnn2CC(O)CO)cc1C. The number of nitrogens with zero attached hydrogens (tertiary/aromatic N) is 3. The number of carboxylic acid groups (broad SMARTS) is 1. The zero-order valence-corrected chi connectivity index (χ0v) is 11.8. The Morgan fingerprint density at radius 3 is 2.62 bits per heavy atom. The maximum Gasteiger partial charge on any atom is 0.358 e. The summed E-state index contributed by atoms with van der Waals surface area (Å²) < 4.78 is 1.30. The van der Waals surface area contributed by atoms with Crippen molar-refractivity contribution in [3.05, 3.63) is 35.0 Å². The second-order valence-corrected chi connectivity index (χ2v) is 4.91. The second kappa shape index (κ2) is 6.02. The van der Waals surface area contributed by atoms with E-state index in [9.17, 15) is 15.0 Å². The number of carboxylic acids is 1. The molecule has 0 saturated heterocycles. The first-order chi connectivity index (χ1) is 9.93. The molecule has 7 heteroatoms. The Labute approximate surface area is 121 Å². The quantitative estimate of drug-likeness (QED) is 0.745. The van der Waals surface area contributed by atoms with Gasteiger partial charge in [0.05, 0.1) is 19.3 Å². The molecule has 112 valence electrons. The van der Waals surface area contributed by atoms with Gasteiger partial charge in [-0.3, -0.25) is 0 Å². The van der Waals surface area contributed by atoms with Gasteiger partial charge in [0, 0.05) is 5.56 Å². The molecule has 0 aliphatic carbocycles. The summed E-state index contributed by atoms with van der Waals surface area (Å²) in [4.78, 5) is 11.3. The van der Waals surface area contributed by atoms with Gasteiger partial charge >= 0.3 is 5.97 Å². The van der Waals surface area contributed by atoms with Crippen LogP contribution in [0.3, 0.4) is 0 Å². The van der Waals surface area contributed by atoms with Crippen molar-refractivity contribution < 1.29 is 20.1 Å². The number of hydrogen-bond acceptors (Lipinski definition) is 5. The summed E-state index contributed by atoms with van der Waals surface area (Å²) in [6.07, 6.45) is -1.03. The van der Waals surface area contributed by atoms with E-state index in [-0.39, 0.29) is 12.2 Å². The number of carbonyl (C=O) groups is 1. The van der Waals surface area contributed by atoms with Crippen LogP contribution in [-0.2, 0) is 6.54 Å². The number of benzene rings is 1. The van der Waals surface area contributed by atoms with Crippen molar-refractivity contribution >= 4 is 5.97 Å². The minimum Gasteiger partial charge on any atom is -0.476 e. The van der Waals surface area contributed by atoms with Crippen LogP contribution in [0.15, 0.2) is 18.2 Å². The van der Waals surface area contributed by atoms with Gasteiger partial charge in [0.25, 0.3) is 0 Å². The Bertz CT molecular complexity index is 666. The van der Waals surface area contributed by atoms with Crippen LogP contribution in [0.4, 0.5) is 0 Å². The molecule has 0 spiro atoms. The van der Waals surface area contributed by atoms with Crippen LogP contribution in [-0.4, -0.2) is 49.0 Å². The third-order valence-electron chi connectivity index (χ3n) is 3.31. The van der Waals surface area contributed by atoms with Crippen LogP contribution in [0.1, 0.15) is 21.6 Å². The van der Waals surface area contributed by atoms with Crippen molar-refractivity contribution in [3.63, 3.8) is 0 Å². The third kappa shape index (κ3) is 3.09. The van der Waals surface area contributed by atoms with E-state index in [4.69, 9.17) is 5.11 Å². The smallest absolute Gasteiger partial charge is 0.358 e. The fourth-order valence-electron chi connectivity index (χ4n) is 2.02. The molecular weight excluding hydrogens is 274 g/mol. The standard InChI is InChI=1S/C14H17N3O4/c1-8-3-4-10(5-9(8)2)13-12(14(20)21)15-16-17(13)6-11(19)7-18/h3-5,11,18-19H,6-7H2,1-2H3,(H,20,21). The highest BCUT2D eigenvalue weighted by molar-refractivity contribution is 5.92. The van der Waals surface area contributed by atoms with E-state index in [0.717, 1.165) is 11.1 Å². The van der Waals surface area contributed by atoms with E-state index in [0.29, 0.717) is 11.3 Å². The van der Waals surface area contributed by atoms with Crippen LogP contribution < -0.4 is 0 Å². The minimum atomic E-state index is -1.19. The Morgan fingerprint density at radius 2 is 2.05 bits per heavy atom. The van der Waals surface area contributed by atoms with Crippen molar-refractivity contribution in [2.45, 2.75) is 26.5 Å². The molecular formula is C14H17N3O4. The predicted molar refractivity (Wildman–Crippen MR) is 75.0 cm³/mol. The van der Waals surface area contributed by atoms with Gasteiger partial charge in [-0.2, -0.15) is 0 Å². The minimum absolute atomic E-state index is 0.0287. The molecule has 0 saturated carbocycles. The Kier molecular flexibility index (Phi) is 4.35. The topological polar surface area (TPSA) is 108 Å². The van der Waals surface area contributed by atoms with E-state index in [1.807, 2.05) is 26.0 Å². The van der Waals surface area contributed by atoms with E-state index in [1.165, 1.54) is 4.68 Å². The van der Waals surface area contributed by atoms with Crippen LogP contribution in [0.5, 0.6) is 0 Å². The first-order valence-electron chi connectivity index (χ1n) is 6.47. The maximum absolute atomic E-state index is 11.3. The molecule has 0 aliphatic rings. The van der Waals surface area contributed by atoms with Gasteiger partial charge in [-0.1, -0.05) is 17.3 Å². The molecule has 21 heavy (non-hydrogen) atoms. The van der Waals surface area contributed by atoms with Gasteiger partial charge in [0.2, 0.25) is 0 Å². The third-order valence-corrected chi connectivity index (χ3v) is 3.31. The molecule has 0 amide bonds. The molecule has 7 nitrogen and oxygen atoms in total. The summed E-state index contributed by atoms with van der Waals surface area (Å²) in [6, 6.07) is 5.52. The fourth-order valence-corrected chi connectivity index (χ4v) is 2.02. The Morgan fingerprint density at radius 1 is 1.33 bits per heavy atom. The normalized spacial score (nSPS) is 12.4. The largest absolute Gasteiger partial charge is 0.476 e. The summed E-state index contributed by atoms with van der Waals surface area (Å²) in [7, 11) is 0. The predicted octanol–water partition coefficient (Wildman–Crippen LogP) is 0.613. The van der Waals surface area contributed by atoms with Crippen LogP contribution in [0.2, 0.25) is 0 Å². The van der Waals surface area contributed by atoms with Gasteiger partial charge in [-0.15, -0.1) is 5.10 Å². The second-order valence-electron chi connectivity index (χ2n) is 4.91. The van der Waals surface area contributed by atoms with Gasteiger partial charge in [0.15, 0.2) is 5.69 Å². The molecule has 0 radical (unpaired) electrons. The monoisotopic (exact) mass is 291 g/mol. The summed E-state index contributed by atoms with van der Waals surface area (Å²) in [5.41, 5.74) is 2.90.